The summed E-state index contributed by atoms with van der Waals surface area (Å²) in [6, 6.07) is 26.8. The van der Waals surface area contributed by atoms with Crippen molar-refractivity contribution >= 4 is 15.8 Å². The molecule has 0 bridgehead atoms. The van der Waals surface area contributed by atoms with E-state index in [2.05, 4.69) is 0 Å². The fraction of sp³-hybridized carbons (Fsp3) is 0.0952. The largest absolute Gasteiger partial charge is 0.478 e. The molecule has 0 atom stereocenters. The van der Waals surface area contributed by atoms with Crippen LogP contribution in [0.4, 0.5) is 0 Å². The predicted molar refractivity (Wildman–Crippen MR) is 103 cm³/mol. The third-order valence-electron chi connectivity index (χ3n) is 3.48. The number of benzene rings is 3. The lowest BCUT2D eigenvalue weighted by Crippen LogP contribution is -2.07. The summed E-state index contributed by atoms with van der Waals surface area (Å²) >= 11 is 0. The van der Waals surface area contributed by atoms with Crippen molar-refractivity contribution < 1.29 is 18.3 Å². The van der Waals surface area contributed by atoms with Crippen molar-refractivity contribution in [2.24, 2.45) is 0 Å². The number of carbonyl (C=O) groups is 1. The second kappa shape index (κ2) is 9.53. The number of hydrogen-bond acceptors (Lipinski definition) is 3. The Bertz CT molecular complexity index is 858. The van der Waals surface area contributed by atoms with Crippen molar-refractivity contribution in [1.82, 2.24) is 0 Å². The molecule has 5 heteroatoms. The average Bonchev–Trinajstić information content (AvgIpc) is 2.64. The number of aromatic carboxylic acids is 1. The van der Waals surface area contributed by atoms with E-state index in [1.165, 1.54) is 0 Å². The van der Waals surface area contributed by atoms with Crippen molar-refractivity contribution in [2.45, 2.75) is 11.5 Å². The fourth-order valence-corrected chi connectivity index (χ4v) is 3.79. The Hall–Kier alpha value is -2.92. The van der Waals surface area contributed by atoms with Gasteiger partial charge in [0.2, 0.25) is 0 Å². The number of carboxylic acids is 1. The van der Waals surface area contributed by atoms with Crippen molar-refractivity contribution in [1.29, 1.82) is 0 Å². The number of sulfone groups is 1. The lowest BCUT2D eigenvalue weighted by molar-refractivity contribution is 0.0697. The SMILES string of the molecule is O=C(O)c1ccccc1.O=S(=O)(Cc1ccccc1)Cc1ccccc1. The first-order valence-corrected chi connectivity index (χ1v) is 9.85. The van der Waals surface area contributed by atoms with Crippen LogP contribution in [0.5, 0.6) is 0 Å². The van der Waals surface area contributed by atoms with Gasteiger partial charge in [0.1, 0.15) is 0 Å². The molecule has 3 aromatic carbocycles. The van der Waals surface area contributed by atoms with Gasteiger partial charge in [0, 0.05) is 0 Å². The van der Waals surface area contributed by atoms with E-state index >= 15 is 0 Å². The molecule has 3 aromatic rings. The smallest absolute Gasteiger partial charge is 0.335 e. The molecule has 0 spiro atoms. The molecule has 0 aliphatic rings. The quantitative estimate of drug-likeness (QED) is 0.733. The minimum Gasteiger partial charge on any atom is -0.478 e. The standard InChI is InChI=1S/C14H14O2S.C7H6O2/c15-17(16,11-13-7-3-1-4-8-13)12-14-9-5-2-6-10-14;8-7(9)6-4-2-1-3-5-6/h1-10H,11-12H2;1-5H,(H,8,9). The molecule has 0 radical (unpaired) electrons. The van der Waals surface area contributed by atoms with E-state index in [1.54, 1.807) is 30.3 Å². The van der Waals surface area contributed by atoms with E-state index in [9.17, 15) is 13.2 Å². The molecule has 3 rings (SSSR count). The summed E-state index contributed by atoms with van der Waals surface area (Å²) in [6.07, 6.45) is 0. The van der Waals surface area contributed by atoms with E-state index in [-0.39, 0.29) is 11.5 Å². The molecule has 26 heavy (non-hydrogen) atoms. The van der Waals surface area contributed by atoms with Crippen LogP contribution in [0.1, 0.15) is 21.5 Å². The molecule has 4 nitrogen and oxygen atoms in total. The van der Waals surface area contributed by atoms with Gasteiger partial charge in [-0.25, -0.2) is 13.2 Å². The third kappa shape index (κ3) is 6.91. The average molecular weight is 368 g/mol. The van der Waals surface area contributed by atoms with Gasteiger partial charge in [-0.05, 0) is 23.3 Å². The lowest BCUT2D eigenvalue weighted by atomic mass is 10.2. The van der Waals surface area contributed by atoms with Gasteiger partial charge in [-0.15, -0.1) is 0 Å². The van der Waals surface area contributed by atoms with E-state index in [4.69, 9.17) is 5.11 Å². The Morgan fingerprint density at radius 1 is 0.654 bits per heavy atom. The number of hydrogen-bond donors (Lipinski definition) is 1. The summed E-state index contributed by atoms with van der Waals surface area (Å²) in [5, 5.41) is 8.38. The zero-order valence-electron chi connectivity index (χ0n) is 14.2. The first kappa shape index (κ1) is 19.4. The van der Waals surface area contributed by atoms with Crippen LogP contribution in [0.2, 0.25) is 0 Å². The maximum absolute atomic E-state index is 12.0. The molecule has 0 aliphatic carbocycles. The van der Waals surface area contributed by atoms with Crippen LogP contribution < -0.4 is 0 Å². The van der Waals surface area contributed by atoms with Crippen molar-refractivity contribution in [3.8, 4) is 0 Å². The molecule has 0 aromatic heterocycles. The van der Waals surface area contributed by atoms with Crippen LogP contribution in [0.3, 0.4) is 0 Å². The highest BCUT2D eigenvalue weighted by atomic mass is 32.2. The van der Waals surface area contributed by atoms with Crippen LogP contribution >= 0.6 is 0 Å². The van der Waals surface area contributed by atoms with Crippen LogP contribution in [-0.4, -0.2) is 19.5 Å². The van der Waals surface area contributed by atoms with Gasteiger partial charge in [0.05, 0.1) is 17.1 Å². The van der Waals surface area contributed by atoms with Gasteiger partial charge in [0.15, 0.2) is 9.84 Å². The molecule has 1 N–H and O–H groups in total. The van der Waals surface area contributed by atoms with E-state index in [0.717, 1.165) is 11.1 Å². The molecule has 0 saturated heterocycles. The number of rotatable bonds is 5. The van der Waals surface area contributed by atoms with Gasteiger partial charge in [-0.3, -0.25) is 0 Å². The Balaban J connectivity index is 0.000000228. The van der Waals surface area contributed by atoms with E-state index in [0.29, 0.717) is 5.56 Å². The lowest BCUT2D eigenvalue weighted by Gasteiger charge is -2.04. The van der Waals surface area contributed by atoms with Gasteiger partial charge >= 0.3 is 5.97 Å². The van der Waals surface area contributed by atoms with Crippen LogP contribution in [-0.2, 0) is 21.3 Å². The molecule has 0 unspecified atom stereocenters. The van der Waals surface area contributed by atoms with Crippen LogP contribution in [0.15, 0.2) is 91.0 Å². The topological polar surface area (TPSA) is 71.4 Å². The first-order chi connectivity index (χ1) is 12.5. The number of carboxylic acid groups (broad SMARTS) is 1. The minimum atomic E-state index is -3.09. The second-order valence-corrected chi connectivity index (χ2v) is 7.74. The van der Waals surface area contributed by atoms with Crippen molar-refractivity contribution in [3.05, 3.63) is 108 Å². The Morgan fingerprint density at radius 3 is 1.31 bits per heavy atom. The second-order valence-electron chi connectivity index (χ2n) is 5.67. The fourth-order valence-electron chi connectivity index (χ4n) is 2.29. The van der Waals surface area contributed by atoms with Crippen molar-refractivity contribution in [2.75, 3.05) is 0 Å². The van der Waals surface area contributed by atoms with E-state index in [1.807, 2.05) is 60.7 Å². The minimum absolute atomic E-state index is 0.0999. The molecule has 0 heterocycles. The highest BCUT2D eigenvalue weighted by Crippen LogP contribution is 2.11. The molecule has 0 amide bonds. The summed E-state index contributed by atoms with van der Waals surface area (Å²) in [6.45, 7) is 0. The first-order valence-electron chi connectivity index (χ1n) is 8.03. The molecular formula is C21H20O4S. The molecule has 134 valence electrons. The normalized spacial score (nSPS) is 10.5. The summed E-state index contributed by atoms with van der Waals surface area (Å²) in [7, 11) is -3.09. The Labute approximate surface area is 153 Å². The predicted octanol–water partition coefficient (Wildman–Crippen LogP) is 4.19. The van der Waals surface area contributed by atoms with Gasteiger partial charge in [-0.2, -0.15) is 0 Å². The van der Waals surface area contributed by atoms with Gasteiger partial charge in [-0.1, -0.05) is 78.9 Å². The van der Waals surface area contributed by atoms with Gasteiger partial charge in [0.25, 0.3) is 0 Å². The van der Waals surface area contributed by atoms with Gasteiger partial charge < -0.3 is 5.11 Å². The molecular weight excluding hydrogens is 348 g/mol. The van der Waals surface area contributed by atoms with E-state index < -0.39 is 15.8 Å². The summed E-state index contributed by atoms with van der Waals surface area (Å²) < 4.78 is 23.9. The molecule has 0 aliphatic heterocycles. The summed E-state index contributed by atoms with van der Waals surface area (Å²) in [4.78, 5) is 10.2. The third-order valence-corrected chi connectivity index (χ3v) is 5.03. The maximum atomic E-state index is 12.0. The zero-order valence-corrected chi connectivity index (χ0v) is 15.0. The van der Waals surface area contributed by atoms with Crippen LogP contribution in [0.25, 0.3) is 0 Å². The monoisotopic (exact) mass is 368 g/mol. The highest BCUT2D eigenvalue weighted by molar-refractivity contribution is 7.89. The maximum Gasteiger partial charge on any atom is 0.335 e. The summed E-state index contributed by atoms with van der Waals surface area (Å²) in [5.74, 6) is -0.679. The molecule has 0 fully saturated rings. The van der Waals surface area contributed by atoms with Crippen molar-refractivity contribution in [3.63, 3.8) is 0 Å². The summed E-state index contributed by atoms with van der Waals surface area (Å²) in [5.41, 5.74) is 2.00. The molecule has 0 saturated carbocycles. The Morgan fingerprint density at radius 2 is 1.00 bits per heavy atom. The highest BCUT2D eigenvalue weighted by Gasteiger charge is 2.12. The van der Waals surface area contributed by atoms with Crippen LogP contribution in [0, 0.1) is 0 Å². The Kier molecular flexibility index (Phi) is 7.12. The zero-order chi connectivity index (χ0) is 18.8.